The van der Waals surface area contributed by atoms with Gasteiger partial charge < -0.3 is 9.47 Å². The van der Waals surface area contributed by atoms with Gasteiger partial charge in [0.25, 0.3) is 0 Å². The predicted octanol–water partition coefficient (Wildman–Crippen LogP) is 2.82. The molecule has 0 amide bonds. The molecule has 1 saturated heterocycles. The van der Waals surface area contributed by atoms with Crippen molar-refractivity contribution in [3.8, 4) is 5.75 Å². The Morgan fingerprint density at radius 1 is 1.57 bits per heavy atom. The Balaban J connectivity index is 2.04. The van der Waals surface area contributed by atoms with E-state index >= 15 is 0 Å². The molecule has 14 heavy (non-hydrogen) atoms. The third-order valence-corrected chi connectivity index (χ3v) is 2.56. The minimum Gasteiger partial charge on any atom is -0.490 e. The molecule has 1 fully saturated rings. The average molecular weight is 213 g/mol. The zero-order valence-corrected chi connectivity index (χ0v) is 9.10. The highest BCUT2D eigenvalue weighted by molar-refractivity contribution is 6.30. The fourth-order valence-corrected chi connectivity index (χ4v) is 1.33. The van der Waals surface area contributed by atoms with Gasteiger partial charge in [-0.15, -0.1) is 0 Å². The topological polar surface area (TPSA) is 21.8 Å². The van der Waals surface area contributed by atoms with Crippen LogP contribution in [0.5, 0.6) is 5.75 Å². The summed E-state index contributed by atoms with van der Waals surface area (Å²) in [7, 11) is 0. The van der Waals surface area contributed by atoms with Gasteiger partial charge in [-0.25, -0.2) is 0 Å². The van der Waals surface area contributed by atoms with Crippen molar-refractivity contribution in [3.05, 3.63) is 28.8 Å². The molecule has 76 valence electrons. The van der Waals surface area contributed by atoms with Crippen LogP contribution in [0, 0.1) is 6.92 Å². The van der Waals surface area contributed by atoms with Gasteiger partial charge in [0.2, 0.25) is 0 Å². The maximum absolute atomic E-state index is 5.87. The molecular weight excluding hydrogens is 200 g/mol. The molecule has 1 aromatic rings. The number of epoxide rings is 1. The van der Waals surface area contributed by atoms with E-state index in [-0.39, 0.29) is 5.60 Å². The van der Waals surface area contributed by atoms with E-state index in [1.807, 2.05) is 32.0 Å². The number of aryl methyl sites for hydroxylation is 1. The Morgan fingerprint density at radius 3 is 2.93 bits per heavy atom. The second kappa shape index (κ2) is 3.44. The second-order valence-corrected chi connectivity index (χ2v) is 4.37. The molecule has 0 radical (unpaired) electrons. The van der Waals surface area contributed by atoms with Gasteiger partial charge >= 0.3 is 0 Å². The van der Waals surface area contributed by atoms with Gasteiger partial charge in [-0.05, 0) is 31.5 Å². The number of benzene rings is 1. The van der Waals surface area contributed by atoms with Crippen LogP contribution in [0.1, 0.15) is 12.5 Å². The molecule has 2 nitrogen and oxygen atoms in total. The van der Waals surface area contributed by atoms with Gasteiger partial charge in [-0.3, -0.25) is 0 Å². The smallest absolute Gasteiger partial charge is 0.123 e. The molecule has 0 aliphatic carbocycles. The van der Waals surface area contributed by atoms with E-state index in [9.17, 15) is 0 Å². The van der Waals surface area contributed by atoms with E-state index in [0.29, 0.717) is 11.6 Å². The lowest BCUT2D eigenvalue weighted by Crippen LogP contribution is -2.17. The van der Waals surface area contributed by atoms with Crippen LogP contribution in [-0.4, -0.2) is 18.8 Å². The Kier molecular flexibility index (Phi) is 2.41. The van der Waals surface area contributed by atoms with Gasteiger partial charge in [0.15, 0.2) is 0 Å². The van der Waals surface area contributed by atoms with Gasteiger partial charge in [-0.2, -0.15) is 0 Å². The first-order valence-electron chi connectivity index (χ1n) is 4.62. The normalized spacial score (nSPS) is 24.8. The van der Waals surface area contributed by atoms with E-state index in [1.165, 1.54) is 0 Å². The highest BCUT2D eigenvalue weighted by atomic mass is 35.5. The quantitative estimate of drug-likeness (QED) is 0.719. The van der Waals surface area contributed by atoms with Crippen LogP contribution in [0.3, 0.4) is 0 Å². The second-order valence-electron chi connectivity index (χ2n) is 3.94. The van der Waals surface area contributed by atoms with Gasteiger partial charge in [-0.1, -0.05) is 17.7 Å². The molecule has 0 saturated carbocycles. The van der Waals surface area contributed by atoms with Gasteiger partial charge in [0.1, 0.15) is 18.0 Å². The van der Waals surface area contributed by atoms with E-state index < -0.39 is 0 Å². The van der Waals surface area contributed by atoms with Crippen LogP contribution < -0.4 is 4.74 Å². The Morgan fingerprint density at radius 2 is 2.29 bits per heavy atom. The molecule has 1 aliphatic heterocycles. The number of ether oxygens (including phenoxy) is 2. The van der Waals surface area contributed by atoms with E-state index in [0.717, 1.165) is 17.9 Å². The van der Waals surface area contributed by atoms with Crippen LogP contribution in [0.2, 0.25) is 5.02 Å². The Hall–Kier alpha value is -0.730. The van der Waals surface area contributed by atoms with Crippen LogP contribution in [0.4, 0.5) is 0 Å². The predicted molar refractivity (Wildman–Crippen MR) is 56.0 cm³/mol. The van der Waals surface area contributed by atoms with Crippen molar-refractivity contribution in [1.82, 2.24) is 0 Å². The van der Waals surface area contributed by atoms with Crippen molar-refractivity contribution >= 4 is 11.6 Å². The highest BCUT2D eigenvalue weighted by Gasteiger charge is 2.40. The molecule has 0 aromatic heterocycles. The van der Waals surface area contributed by atoms with E-state index in [1.54, 1.807) is 0 Å². The molecule has 1 atom stereocenters. The summed E-state index contributed by atoms with van der Waals surface area (Å²) in [5, 5.41) is 0.701. The average Bonchev–Trinajstić information content (AvgIpc) is 2.87. The highest BCUT2D eigenvalue weighted by Crippen LogP contribution is 2.29. The van der Waals surface area contributed by atoms with Crippen molar-refractivity contribution in [2.45, 2.75) is 19.4 Å². The first-order chi connectivity index (χ1) is 6.59. The van der Waals surface area contributed by atoms with Gasteiger partial charge in [0.05, 0.1) is 6.61 Å². The molecule has 3 heteroatoms. The minimum absolute atomic E-state index is 0.0746. The number of hydrogen-bond acceptors (Lipinski definition) is 2. The zero-order chi connectivity index (χ0) is 10.2. The maximum Gasteiger partial charge on any atom is 0.123 e. The molecule has 1 aliphatic rings. The first-order valence-corrected chi connectivity index (χ1v) is 5.00. The van der Waals surface area contributed by atoms with Crippen LogP contribution in [-0.2, 0) is 4.74 Å². The van der Waals surface area contributed by atoms with Crippen LogP contribution in [0.15, 0.2) is 18.2 Å². The summed E-state index contributed by atoms with van der Waals surface area (Å²) in [6, 6.07) is 5.65. The fourth-order valence-electron chi connectivity index (χ4n) is 1.17. The zero-order valence-electron chi connectivity index (χ0n) is 8.34. The molecule has 1 aromatic carbocycles. The number of rotatable bonds is 3. The van der Waals surface area contributed by atoms with Gasteiger partial charge in [0, 0.05) is 5.02 Å². The third kappa shape index (κ3) is 2.20. The molecule has 1 unspecified atom stereocenters. The SMILES string of the molecule is Cc1ccc(Cl)cc1OCC1(C)CO1. The van der Waals surface area contributed by atoms with Crippen molar-refractivity contribution in [3.63, 3.8) is 0 Å². The lowest BCUT2D eigenvalue weighted by atomic mass is 10.2. The first kappa shape index (κ1) is 9.81. The summed E-state index contributed by atoms with van der Waals surface area (Å²) in [5.74, 6) is 0.842. The van der Waals surface area contributed by atoms with E-state index in [2.05, 4.69) is 0 Å². The standard InChI is InChI=1S/C11H13ClO2/c1-8-3-4-9(12)5-10(8)13-6-11(2)7-14-11/h3-5H,6-7H2,1-2H3. The summed E-state index contributed by atoms with van der Waals surface area (Å²) >= 11 is 5.87. The summed E-state index contributed by atoms with van der Waals surface area (Å²) in [6.07, 6.45) is 0. The van der Waals surface area contributed by atoms with Crippen molar-refractivity contribution in [2.24, 2.45) is 0 Å². The molecule has 0 spiro atoms. The summed E-state index contributed by atoms with van der Waals surface area (Å²) in [6.45, 7) is 5.41. The summed E-state index contributed by atoms with van der Waals surface area (Å²) < 4.78 is 10.9. The lowest BCUT2D eigenvalue weighted by Gasteiger charge is -2.11. The Bertz CT molecular complexity index is 345. The Labute approximate surface area is 88.8 Å². The monoisotopic (exact) mass is 212 g/mol. The number of halogens is 1. The number of hydrogen-bond donors (Lipinski definition) is 0. The molecule has 0 bridgehead atoms. The molecule has 2 rings (SSSR count). The largest absolute Gasteiger partial charge is 0.490 e. The minimum atomic E-state index is -0.0746. The third-order valence-electron chi connectivity index (χ3n) is 2.32. The van der Waals surface area contributed by atoms with Crippen LogP contribution >= 0.6 is 11.6 Å². The van der Waals surface area contributed by atoms with Crippen molar-refractivity contribution < 1.29 is 9.47 Å². The summed E-state index contributed by atoms with van der Waals surface area (Å²) in [5.41, 5.74) is 1.02. The molecular formula is C11H13ClO2. The van der Waals surface area contributed by atoms with E-state index in [4.69, 9.17) is 21.1 Å². The van der Waals surface area contributed by atoms with Crippen LogP contribution in [0.25, 0.3) is 0 Å². The summed E-state index contributed by atoms with van der Waals surface area (Å²) in [4.78, 5) is 0. The van der Waals surface area contributed by atoms with Crippen molar-refractivity contribution in [1.29, 1.82) is 0 Å². The lowest BCUT2D eigenvalue weighted by molar-refractivity contribution is 0.201. The maximum atomic E-state index is 5.87. The fraction of sp³-hybridized carbons (Fsp3) is 0.455. The molecule has 1 heterocycles. The molecule has 0 N–H and O–H groups in total. The van der Waals surface area contributed by atoms with Crippen molar-refractivity contribution in [2.75, 3.05) is 13.2 Å².